The van der Waals surface area contributed by atoms with Crippen LogP contribution in [0.4, 0.5) is 9.93 Å². The summed E-state index contributed by atoms with van der Waals surface area (Å²) in [5, 5.41) is 7.26. The molecule has 0 atom stereocenters. The molecule has 0 bridgehead atoms. The minimum Gasteiger partial charge on any atom is -0.444 e. The van der Waals surface area contributed by atoms with Crippen molar-refractivity contribution in [3.05, 3.63) is 39.8 Å². The third kappa shape index (κ3) is 4.12. The third-order valence-electron chi connectivity index (χ3n) is 2.68. The maximum absolute atomic E-state index is 12.4. The molecule has 0 saturated carbocycles. The minimum absolute atomic E-state index is 0.224. The highest BCUT2D eigenvalue weighted by molar-refractivity contribution is 7.73. The lowest BCUT2D eigenvalue weighted by Crippen LogP contribution is -2.46. The summed E-state index contributed by atoms with van der Waals surface area (Å²) in [7, 11) is 0. The molecule has 0 radical (unpaired) electrons. The summed E-state index contributed by atoms with van der Waals surface area (Å²) in [5.74, 6) is 0. The number of anilines is 1. The molecular formula is C14H17N3O2S2. The topological polar surface area (TPSA) is 58.2 Å². The van der Waals surface area contributed by atoms with Crippen molar-refractivity contribution in [2.24, 2.45) is 0 Å². The summed E-state index contributed by atoms with van der Waals surface area (Å²) in [6.07, 6.45) is -0.441. The number of amides is 1. The van der Waals surface area contributed by atoms with E-state index in [0.29, 0.717) is 9.09 Å². The molecule has 5 nitrogen and oxygen atoms in total. The smallest absolute Gasteiger partial charge is 0.417 e. The first kappa shape index (κ1) is 15.7. The molecule has 0 unspecified atom stereocenters. The molecule has 0 aliphatic heterocycles. The van der Waals surface area contributed by atoms with E-state index < -0.39 is 11.6 Å². The van der Waals surface area contributed by atoms with Gasteiger partial charge in [-0.3, -0.25) is 5.10 Å². The standard InChI is InChI=1S/C14H17N3O2S2/c1-14(2,3)17(11-15-16-12(20)21-11)13(18)19-9-10-7-5-4-6-8-10/h4-8H,9H2,1-3H3,(H,16,20). The maximum Gasteiger partial charge on any atom is 0.417 e. The predicted octanol–water partition coefficient (Wildman–Crippen LogP) is 4.14. The number of benzene rings is 1. The van der Waals surface area contributed by atoms with E-state index in [4.69, 9.17) is 17.0 Å². The van der Waals surface area contributed by atoms with Crippen molar-refractivity contribution in [1.82, 2.24) is 10.2 Å². The average Bonchev–Trinajstić information content (AvgIpc) is 2.82. The van der Waals surface area contributed by atoms with Crippen LogP contribution in [0.5, 0.6) is 0 Å². The second-order valence-corrected chi connectivity index (χ2v) is 7.09. The number of carbonyl (C=O) groups excluding carboxylic acids is 1. The first-order valence-electron chi connectivity index (χ1n) is 6.44. The predicted molar refractivity (Wildman–Crippen MR) is 86.2 cm³/mol. The van der Waals surface area contributed by atoms with Crippen LogP contribution >= 0.6 is 23.6 Å². The zero-order valence-electron chi connectivity index (χ0n) is 12.1. The number of hydrogen-bond acceptors (Lipinski definition) is 5. The Morgan fingerprint density at radius 2 is 2.05 bits per heavy atom. The second-order valence-electron chi connectivity index (χ2n) is 5.44. The minimum atomic E-state index is -0.457. The highest BCUT2D eigenvalue weighted by Gasteiger charge is 2.31. The quantitative estimate of drug-likeness (QED) is 0.862. The summed E-state index contributed by atoms with van der Waals surface area (Å²) in [6, 6.07) is 9.55. The lowest BCUT2D eigenvalue weighted by Gasteiger charge is -2.32. The molecule has 0 spiro atoms. The number of nitrogens with one attached hydrogen (secondary N) is 1. The van der Waals surface area contributed by atoms with Gasteiger partial charge in [0.05, 0.1) is 0 Å². The molecule has 7 heteroatoms. The number of nitrogens with zero attached hydrogens (tertiary/aromatic N) is 2. The molecule has 1 aromatic carbocycles. The third-order valence-corrected chi connectivity index (χ3v) is 3.75. The number of ether oxygens (including phenoxy) is 1. The Bertz CT molecular complexity index is 659. The van der Waals surface area contributed by atoms with Crippen molar-refractivity contribution < 1.29 is 9.53 Å². The lowest BCUT2D eigenvalue weighted by molar-refractivity contribution is 0.141. The van der Waals surface area contributed by atoms with Gasteiger partial charge in [-0.05, 0) is 38.6 Å². The van der Waals surface area contributed by atoms with Crippen molar-refractivity contribution in [1.29, 1.82) is 0 Å². The maximum atomic E-state index is 12.4. The van der Waals surface area contributed by atoms with Gasteiger partial charge in [0.25, 0.3) is 0 Å². The van der Waals surface area contributed by atoms with Crippen molar-refractivity contribution in [3.8, 4) is 0 Å². The lowest BCUT2D eigenvalue weighted by atomic mass is 10.1. The van der Waals surface area contributed by atoms with Gasteiger partial charge in [0, 0.05) is 5.54 Å². The Morgan fingerprint density at radius 3 is 2.57 bits per heavy atom. The molecular weight excluding hydrogens is 306 g/mol. The van der Waals surface area contributed by atoms with Gasteiger partial charge in [-0.1, -0.05) is 41.7 Å². The number of hydrogen-bond donors (Lipinski definition) is 1. The molecule has 2 aromatic rings. The fraction of sp³-hybridized carbons (Fsp3) is 0.357. The van der Waals surface area contributed by atoms with E-state index in [1.54, 1.807) is 0 Å². The highest BCUT2D eigenvalue weighted by atomic mass is 32.1. The number of H-pyrrole nitrogens is 1. The van der Waals surface area contributed by atoms with E-state index in [2.05, 4.69) is 10.2 Å². The van der Waals surface area contributed by atoms with E-state index >= 15 is 0 Å². The number of carbonyl (C=O) groups is 1. The Morgan fingerprint density at radius 1 is 1.38 bits per heavy atom. The van der Waals surface area contributed by atoms with Gasteiger partial charge in [-0.25, -0.2) is 9.69 Å². The van der Waals surface area contributed by atoms with Gasteiger partial charge < -0.3 is 4.74 Å². The molecule has 21 heavy (non-hydrogen) atoms. The van der Waals surface area contributed by atoms with E-state index in [1.807, 2.05) is 51.1 Å². The summed E-state index contributed by atoms with van der Waals surface area (Å²) < 4.78 is 5.91. The number of rotatable bonds is 3. The van der Waals surface area contributed by atoms with Crippen molar-refractivity contribution >= 4 is 34.8 Å². The second kappa shape index (κ2) is 6.36. The summed E-state index contributed by atoms with van der Waals surface area (Å²) in [6.45, 7) is 5.98. The van der Waals surface area contributed by atoms with Crippen LogP contribution in [0.3, 0.4) is 0 Å². The molecule has 2 rings (SSSR count). The zero-order chi connectivity index (χ0) is 15.5. The molecule has 1 aromatic heterocycles. The van der Waals surface area contributed by atoms with E-state index in [-0.39, 0.29) is 6.61 Å². The fourth-order valence-corrected chi connectivity index (χ4v) is 2.80. The Hall–Kier alpha value is -1.73. The number of aromatic amines is 1. The molecule has 0 fully saturated rings. The SMILES string of the molecule is CC(C)(C)N(C(=O)OCc1ccccc1)c1n[nH]c(=S)s1. The molecule has 112 valence electrons. The Labute approximate surface area is 132 Å². The molecule has 0 aliphatic rings. The van der Waals surface area contributed by atoms with Gasteiger partial charge in [-0.2, -0.15) is 0 Å². The van der Waals surface area contributed by atoms with Crippen LogP contribution in [-0.2, 0) is 11.3 Å². The van der Waals surface area contributed by atoms with Crippen LogP contribution in [0.15, 0.2) is 30.3 Å². The van der Waals surface area contributed by atoms with Crippen LogP contribution in [0.25, 0.3) is 0 Å². The van der Waals surface area contributed by atoms with Crippen molar-refractivity contribution in [2.75, 3.05) is 4.90 Å². The molecule has 0 aliphatic carbocycles. The van der Waals surface area contributed by atoms with Gasteiger partial charge in [0.1, 0.15) is 6.61 Å². The highest BCUT2D eigenvalue weighted by Crippen LogP contribution is 2.26. The largest absolute Gasteiger partial charge is 0.444 e. The van der Waals surface area contributed by atoms with E-state index in [0.717, 1.165) is 5.56 Å². The van der Waals surface area contributed by atoms with Gasteiger partial charge in [-0.15, -0.1) is 5.10 Å². The number of aromatic nitrogens is 2. The van der Waals surface area contributed by atoms with Gasteiger partial charge in [0.15, 0.2) is 3.95 Å². The van der Waals surface area contributed by atoms with Gasteiger partial charge >= 0.3 is 6.09 Å². The molecule has 1 heterocycles. The average molecular weight is 323 g/mol. The van der Waals surface area contributed by atoms with Crippen LogP contribution in [-0.4, -0.2) is 21.8 Å². The van der Waals surface area contributed by atoms with Crippen LogP contribution in [0.1, 0.15) is 26.3 Å². The van der Waals surface area contributed by atoms with E-state index in [1.165, 1.54) is 16.2 Å². The summed E-state index contributed by atoms with van der Waals surface area (Å²) in [4.78, 5) is 13.9. The molecule has 1 N–H and O–H groups in total. The zero-order valence-corrected chi connectivity index (χ0v) is 13.8. The first-order valence-corrected chi connectivity index (χ1v) is 7.67. The van der Waals surface area contributed by atoms with Crippen LogP contribution in [0, 0.1) is 3.95 Å². The van der Waals surface area contributed by atoms with Crippen molar-refractivity contribution in [3.63, 3.8) is 0 Å². The summed E-state index contributed by atoms with van der Waals surface area (Å²) in [5.41, 5.74) is 0.482. The Balaban J connectivity index is 2.14. The van der Waals surface area contributed by atoms with Crippen molar-refractivity contribution in [2.45, 2.75) is 32.9 Å². The molecule has 1 amide bonds. The normalized spacial score (nSPS) is 11.2. The van der Waals surface area contributed by atoms with E-state index in [9.17, 15) is 4.79 Å². The monoisotopic (exact) mass is 323 g/mol. The Kier molecular flexibility index (Phi) is 4.74. The van der Waals surface area contributed by atoms with Gasteiger partial charge in [0.2, 0.25) is 5.13 Å². The summed E-state index contributed by atoms with van der Waals surface area (Å²) >= 11 is 6.27. The first-order chi connectivity index (χ1) is 9.88. The van der Waals surface area contributed by atoms with Crippen LogP contribution < -0.4 is 4.90 Å². The van der Waals surface area contributed by atoms with Crippen LogP contribution in [0.2, 0.25) is 0 Å². The molecule has 0 saturated heterocycles. The fourth-order valence-electron chi connectivity index (χ4n) is 1.74.